The van der Waals surface area contributed by atoms with Gasteiger partial charge in [-0.05, 0) is 49.2 Å². The van der Waals surface area contributed by atoms with Crippen molar-refractivity contribution < 1.29 is 4.74 Å². The molecule has 0 saturated heterocycles. The van der Waals surface area contributed by atoms with E-state index in [2.05, 4.69) is 38.1 Å². The summed E-state index contributed by atoms with van der Waals surface area (Å²) in [6, 6.07) is 16.7. The zero-order chi connectivity index (χ0) is 20.6. The first-order valence-electron chi connectivity index (χ1n) is 10.6. The Hall–Kier alpha value is -2.40. The van der Waals surface area contributed by atoms with E-state index in [1.165, 1.54) is 31.2 Å². The molecule has 0 aliphatic carbocycles. The largest absolute Gasteiger partial charge is 0.497 e. The summed E-state index contributed by atoms with van der Waals surface area (Å²) in [5, 5.41) is 4.85. The number of rotatable bonds is 10. The van der Waals surface area contributed by atoms with Crippen molar-refractivity contribution in [3.63, 3.8) is 0 Å². The number of ether oxygens (including phenoxy) is 1. The molecule has 0 aliphatic rings. The van der Waals surface area contributed by atoms with Gasteiger partial charge in [-0.2, -0.15) is 5.10 Å². The van der Waals surface area contributed by atoms with Crippen LogP contribution in [0.15, 0.2) is 48.5 Å². The highest BCUT2D eigenvalue weighted by Crippen LogP contribution is 2.26. The summed E-state index contributed by atoms with van der Waals surface area (Å²) in [6.45, 7) is 5.19. The number of hydrogen-bond acceptors (Lipinski definition) is 3. The van der Waals surface area contributed by atoms with Crippen LogP contribution in [0.4, 0.5) is 0 Å². The maximum atomic E-state index is 5.77. The van der Waals surface area contributed by atoms with E-state index in [1.54, 1.807) is 7.11 Å². The van der Waals surface area contributed by atoms with Crippen LogP contribution >= 0.6 is 12.2 Å². The van der Waals surface area contributed by atoms with Crippen molar-refractivity contribution in [2.24, 2.45) is 0 Å². The molecule has 0 radical (unpaired) electrons. The molecule has 4 nitrogen and oxygen atoms in total. The van der Waals surface area contributed by atoms with Gasteiger partial charge in [0.15, 0.2) is 5.82 Å². The van der Waals surface area contributed by atoms with Gasteiger partial charge >= 0.3 is 0 Å². The second kappa shape index (κ2) is 10.4. The van der Waals surface area contributed by atoms with Crippen LogP contribution in [-0.4, -0.2) is 21.5 Å². The molecule has 29 heavy (non-hydrogen) atoms. The Labute approximate surface area is 179 Å². The molecule has 2 aromatic carbocycles. The van der Waals surface area contributed by atoms with E-state index in [4.69, 9.17) is 22.1 Å². The minimum atomic E-state index is 0.707. The van der Waals surface area contributed by atoms with E-state index in [0.717, 1.165) is 42.2 Å². The quantitative estimate of drug-likeness (QED) is 0.279. The molecule has 0 unspecified atom stereocenters. The Morgan fingerprint density at radius 2 is 1.76 bits per heavy atom. The second-order valence-electron chi connectivity index (χ2n) is 7.37. The van der Waals surface area contributed by atoms with Gasteiger partial charge in [0.25, 0.3) is 0 Å². The van der Waals surface area contributed by atoms with Crippen LogP contribution in [0.1, 0.15) is 51.5 Å². The van der Waals surface area contributed by atoms with Gasteiger partial charge in [-0.3, -0.25) is 4.57 Å². The monoisotopic (exact) mass is 409 g/mol. The third-order valence-electron chi connectivity index (χ3n) is 5.12. The summed E-state index contributed by atoms with van der Waals surface area (Å²) in [5.74, 6) is 1.68. The predicted molar refractivity (Wildman–Crippen MR) is 123 cm³/mol. The van der Waals surface area contributed by atoms with E-state index in [-0.39, 0.29) is 0 Å². The van der Waals surface area contributed by atoms with E-state index in [9.17, 15) is 0 Å². The summed E-state index contributed by atoms with van der Waals surface area (Å²) in [6.07, 6.45) is 7.25. The molecule has 0 bridgehead atoms. The molecule has 0 N–H and O–H groups in total. The van der Waals surface area contributed by atoms with Gasteiger partial charge in [-0.15, -0.1) is 0 Å². The number of hydrogen-bond donors (Lipinski definition) is 0. The summed E-state index contributed by atoms with van der Waals surface area (Å²) in [5.41, 5.74) is 3.42. The van der Waals surface area contributed by atoms with Crippen molar-refractivity contribution in [2.45, 2.75) is 58.9 Å². The number of benzene rings is 2. The molecule has 1 heterocycles. The van der Waals surface area contributed by atoms with E-state index in [0.29, 0.717) is 4.77 Å². The number of nitrogens with zero attached hydrogens (tertiary/aromatic N) is 3. The average molecular weight is 410 g/mol. The lowest BCUT2D eigenvalue weighted by Crippen LogP contribution is -2.01. The lowest BCUT2D eigenvalue weighted by atomic mass is 10.0. The molecule has 0 atom stereocenters. The molecule has 5 heteroatoms. The number of methoxy groups -OCH3 is 1. The zero-order valence-electron chi connectivity index (χ0n) is 17.7. The first-order chi connectivity index (χ1) is 14.2. The van der Waals surface area contributed by atoms with Crippen LogP contribution in [0.25, 0.3) is 17.1 Å². The summed E-state index contributed by atoms with van der Waals surface area (Å²) < 4.78 is 10.1. The highest BCUT2D eigenvalue weighted by atomic mass is 32.1. The van der Waals surface area contributed by atoms with E-state index < -0.39 is 0 Å². The van der Waals surface area contributed by atoms with Gasteiger partial charge in [0, 0.05) is 18.2 Å². The van der Waals surface area contributed by atoms with Crippen LogP contribution in [0.3, 0.4) is 0 Å². The summed E-state index contributed by atoms with van der Waals surface area (Å²) in [4.78, 5) is 0. The van der Waals surface area contributed by atoms with Crippen molar-refractivity contribution in [3.05, 3.63) is 58.9 Å². The Morgan fingerprint density at radius 1 is 0.966 bits per heavy atom. The molecule has 154 valence electrons. The molecule has 0 amide bonds. The molecule has 0 fully saturated rings. The fourth-order valence-electron chi connectivity index (χ4n) is 3.51. The molecule has 0 saturated carbocycles. The van der Waals surface area contributed by atoms with Crippen molar-refractivity contribution in [1.29, 1.82) is 0 Å². The number of aryl methyl sites for hydroxylation is 2. The molecule has 3 rings (SSSR count). The fourth-order valence-corrected chi connectivity index (χ4v) is 3.83. The lowest BCUT2D eigenvalue weighted by molar-refractivity contribution is 0.414. The minimum Gasteiger partial charge on any atom is -0.497 e. The molecular weight excluding hydrogens is 378 g/mol. The van der Waals surface area contributed by atoms with Gasteiger partial charge in [0.05, 0.1) is 12.8 Å². The summed E-state index contributed by atoms with van der Waals surface area (Å²) >= 11 is 5.77. The first kappa shape index (κ1) is 21.3. The Kier molecular flexibility index (Phi) is 7.64. The maximum absolute atomic E-state index is 5.77. The Bertz CT molecular complexity index is 973. The molecule has 1 aromatic heterocycles. The predicted octanol–water partition coefficient (Wildman–Crippen LogP) is 6.61. The van der Waals surface area contributed by atoms with Gasteiger partial charge in [0.2, 0.25) is 4.77 Å². The minimum absolute atomic E-state index is 0.707. The fraction of sp³-hybridized carbons (Fsp3) is 0.417. The maximum Gasteiger partial charge on any atom is 0.202 e. The first-order valence-corrected chi connectivity index (χ1v) is 11.0. The smallest absolute Gasteiger partial charge is 0.202 e. The highest BCUT2D eigenvalue weighted by molar-refractivity contribution is 7.71. The normalized spacial score (nSPS) is 11.0. The van der Waals surface area contributed by atoms with Crippen molar-refractivity contribution in [2.75, 3.05) is 7.11 Å². The molecule has 3 aromatic rings. The SMILES string of the molecule is CCCCCCc1ccc(-c2nn(CCC)c(=S)n2-c2cccc(OC)c2)cc1. The average Bonchev–Trinajstić information content (AvgIpc) is 3.08. The van der Waals surface area contributed by atoms with Gasteiger partial charge < -0.3 is 4.74 Å². The van der Waals surface area contributed by atoms with Crippen LogP contribution in [0.2, 0.25) is 0 Å². The Morgan fingerprint density at radius 3 is 2.45 bits per heavy atom. The van der Waals surface area contributed by atoms with Crippen LogP contribution in [-0.2, 0) is 13.0 Å². The summed E-state index contributed by atoms with van der Waals surface area (Å²) in [7, 11) is 1.68. The topological polar surface area (TPSA) is 32.0 Å². The number of unbranched alkanes of at least 4 members (excludes halogenated alkanes) is 3. The van der Waals surface area contributed by atoms with Gasteiger partial charge in [0.1, 0.15) is 5.75 Å². The molecular formula is C24H31N3OS. The Balaban J connectivity index is 1.95. The van der Waals surface area contributed by atoms with E-state index in [1.807, 2.05) is 33.5 Å². The second-order valence-corrected chi connectivity index (χ2v) is 7.74. The van der Waals surface area contributed by atoms with Crippen LogP contribution in [0.5, 0.6) is 5.75 Å². The number of aromatic nitrogens is 3. The van der Waals surface area contributed by atoms with Gasteiger partial charge in [-0.1, -0.05) is 63.4 Å². The molecule has 0 spiro atoms. The third kappa shape index (κ3) is 5.15. The van der Waals surface area contributed by atoms with Crippen molar-refractivity contribution in [1.82, 2.24) is 14.3 Å². The van der Waals surface area contributed by atoms with Crippen molar-refractivity contribution in [3.8, 4) is 22.8 Å². The van der Waals surface area contributed by atoms with E-state index >= 15 is 0 Å². The van der Waals surface area contributed by atoms with Crippen LogP contribution < -0.4 is 4.74 Å². The molecule has 0 aliphatic heterocycles. The standard InChI is InChI=1S/C24H31N3OS/c1-4-6-7-8-10-19-13-15-20(16-14-19)23-25-26(17-5-2)24(29)27(23)21-11-9-12-22(18-21)28-3/h9,11-16,18H,4-8,10,17H2,1-3H3. The highest BCUT2D eigenvalue weighted by Gasteiger charge is 2.15. The van der Waals surface area contributed by atoms with Crippen LogP contribution in [0, 0.1) is 4.77 Å². The van der Waals surface area contributed by atoms with Crippen molar-refractivity contribution >= 4 is 12.2 Å². The third-order valence-corrected chi connectivity index (χ3v) is 5.51. The zero-order valence-corrected chi connectivity index (χ0v) is 18.5. The lowest BCUT2D eigenvalue weighted by Gasteiger charge is -2.09. The van der Waals surface area contributed by atoms with Gasteiger partial charge in [-0.25, -0.2) is 4.68 Å².